The SMILES string of the molecule is CC(C)C1CN(c2ncc(S(C)(=O)=O)cn2)CCN1C(=O)Oc1c[nH]c(=O)c(C(F)(F)F)c1. The van der Waals surface area contributed by atoms with Gasteiger partial charge in [0.25, 0.3) is 5.56 Å². The zero-order valence-corrected chi connectivity index (χ0v) is 18.8. The van der Waals surface area contributed by atoms with Gasteiger partial charge in [0.2, 0.25) is 5.95 Å². The van der Waals surface area contributed by atoms with Crippen LogP contribution in [0.3, 0.4) is 0 Å². The zero-order chi connectivity index (χ0) is 24.6. The first-order valence-corrected chi connectivity index (χ1v) is 11.7. The van der Waals surface area contributed by atoms with Crippen LogP contribution in [-0.2, 0) is 16.0 Å². The molecule has 1 unspecified atom stereocenters. The number of carbonyl (C=O) groups is 1. The fraction of sp³-hybridized carbons (Fsp3) is 0.474. The Morgan fingerprint density at radius 3 is 2.42 bits per heavy atom. The Balaban J connectivity index is 1.76. The van der Waals surface area contributed by atoms with Crippen molar-refractivity contribution in [2.24, 2.45) is 5.92 Å². The van der Waals surface area contributed by atoms with Crippen LogP contribution in [0.4, 0.5) is 23.9 Å². The van der Waals surface area contributed by atoms with Crippen LogP contribution in [0.1, 0.15) is 19.4 Å². The predicted octanol–water partition coefficient (Wildman–Crippen LogP) is 1.93. The van der Waals surface area contributed by atoms with E-state index in [4.69, 9.17) is 4.74 Å². The number of piperazine rings is 1. The second-order valence-corrected chi connectivity index (χ2v) is 9.90. The average Bonchev–Trinajstić information content (AvgIpc) is 2.73. The molecule has 0 aromatic carbocycles. The number of hydrogen-bond donors (Lipinski definition) is 1. The number of anilines is 1. The summed E-state index contributed by atoms with van der Waals surface area (Å²) in [5.74, 6) is -0.204. The summed E-state index contributed by atoms with van der Waals surface area (Å²) in [7, 11) is -3.44. The maximum atomic E-state index is 13.0. The van der Waals surface area contributed by atoms with Crippen LogP contribution in [0, 0.1) is 5.92 Å². The third-order valence-corrected chi connectivity index (χ3v) is 6.20. The highest BCUT2D eigenvalue weighted by Gasteiger charge is 2.36. The van der Waals surface area contributed by atoms with Crippen molar-refractivity contribution >= 4 is 21.9 Å². The number of rotatable bonds is 4. The molecule has 1 saturated heterocycles. The summed E-state index contributed by atoms with van der Waals surface area (Å²) in [5.41, 5.74) is -2.80. The number of hydrogen-bond acceptors (Lipinski definition) is 8. The Morgan fingerprint density at radius 2 is 1.88 bits per heavy atom. The third kappa shape index (κ3) is 5.61. The van der Waals surface area contributed by atoms with Gasteiger partial charge in [0, 0.05) is 38.2 Å². The maximum Gasteiger partial charge on any atom is 0.421 e. The van der Waals surface area contributed by atoms with Crippen LogP contribution in [-0.4, -0.2) is 66.3 Å². The summed E-state index contributed by atoms with van der Waals surface area (Å²) in [5, 5.41) is 0. The molecule has 1 fully saturated rings. The molecule has 0 aliphatic carbocycles. The molecule has 1 N–H and O–H groups in total. The second kappa shape index (κ2) is 9.00. The van der Waals surface area contributed by atoms with E-state index in [0.717, 1.165) is 12.5 Å². The van der Waals surface area contributed by atoms with Crippen molar-refractivity contribution in [3.8, 4) is 5.75 Å². The molecular weight excluding hydrogens is 467 g/mol. The first-order chi connectivity index (χ1) is 15.3. The van der Waals surface area contributed by atoms with E-state index in [-0.39, 0.29) is 29.9 Å². The number of ether oxygens (including phenoxy) is 1. The number of pyridine rings is 1. The fourth-order valence-electron chi connectivity index (χ4n) is 3.35. The van der Waals surface area contributed by atoms with Crippen LogP contribution >= 0.6 is 0 Å². The van der Waals surface area contributed by atoms with E-state index in [1.165, 1.54) is 17.3 Å². The van der Waals surface area contributed by atoms with E-state index >= 15 is 0 Å². The van der Waals surface area contributed by atoms with Crippen molar-refractivity contribution in [3.05, 3.63) is 40.6 Å². The molecule has 1 amide bonds. The van der Waals surface area contributed by atoms with Gasteiger partial charge in [-0.1, -0.05) is 13.8 Å². The van der Waals surface area contributed by atoms with Crippen molar-refractivity contribution in [2.45, 2.75) is 31.0 Å². The molecule has 0 spiro atoms. The van der Waals surface area contributed by atoms with Gasteiger partial charge in [-0.15, -0.1) is 0 Å². The smallest absolute Gasteiger partial charge is 0.409 e. The number of sulfone groups is 1. The fourth-order valence-corrected chi connectivity index (χ4v) is 3.83. The number of aromatic amines is 1. The molecule has 2 aromatic rings. The molecular formula is C19H22F3N5O5S. The number of alkyl halides is 3. The van der Waals surface area contributed by atoms with Gasteiger partial charge in [-0.2, -0.15) is 13.2 Å². The monoisotopic (exact) mass is 489 g/mol. The van der Waals surface area contributed by atoms with Gasteiger partial charge >= 0.3 is 12.3 Å². The molecule has 1 aliphatic rings. The molecule has 14 heteroatoms. The number of carbonyl (C=O) groups excluding carboxylic acids is 1. The van der Waals surface area contributed by atoms with E-state index < -0.39 is 45.0 Å². The van der Waals surface area contributed by atoms with E-state index in [1.54, 1.807) is 4.90 Å². The Bertz CT molecular complexity index is 1180. The third-order valence-electron chi connectivity index (χ3n) is 5.14. The minimum atomic E-state index is -4.89. The van der Waals surface area contributed by atoms with Crippen LogP contribution in [0.25, 0.3) is 0 Å². The quantitative estimate of drug-likeness (QED) is 0.691. The molecule has 3 rings (SSSR count). The normalized spacial score (nSPS) is 17.4. The van der Waals surface area contributed by atoms with Crippen LogP contribution < -0.4 is 15.2 Å². The average molecular weight is 489 g/mol. The van der Waals surface area contributed by atoms with Gasteiger partial charge in [0.15, 0.2) is 9.84 Å². The number of aromatic nitrogens is 3. The van der Waals surface area contributed by atoms with Gasteiger partial charge in [0.1, 0.15) is 16.2 Å². The first-order valence-electron chi connectivity index (χ1n) is 9.83. The molecule has 0 radical (unpaired) electrons. The largest absolute Gasteiger partial charge is 0.421 e. The lowest BCUT2D eigenvalue weighted by molar-refractivity contribution is -0.138. The summed E-state index contributed by atoms with van der Waals surface area (Å²) in [4.78, 5) is 37.4. The highest BCUT2D eigenvalue weighted by Crippen LogP contribution is 2.29. The maximum absolute atomic E-state index is 13.0. The van der Waals surface area contributed by atoms with Crippen molar-refractivity contribution in [1.82, 2.24) is 19.9 Å². The molecule has 3 heterocycles. The number of amides is 1. The van der Waals surface area contributed by atoms with Crippen molar-refractivity contribution in [1.29, 1.82) is 0 Å². The van der Waals surface area contributed by atoms with E-state index in [9.17, 15) is 31.2 Å². The topological polar surface area (TPSA) is 126 Å². The van der Waals surface area contributed by atoms with Gasteiger partial charge in [-0.25, -0.2) is 23.2 Å². The number of halogens is 3. The van der Waals surface area contributed by atoms with Crippen molar-refractivity contribution in [3.63, 3.8) is 0 Å². The minimum Gasteiger partial charge on any atom is -0.409 e. The summed E-state index contributed by atoms with van der Waals surface area (Å²) >= 11 is 0. The Morgan fingerprint density at radius 1 is 1.24 bits per heavy atom. The van der Waals surface area contributed by atoms with Gasteiger partial charge < -0.3 is 19.5 Å². The van der Waals surface area contributed by atoms with E-state index in [1.807, 2.05) is 18.8 Å². The molecule has 180 valence electrons. The lowest BCUT2D eigenvalue weighted by Gasteiger charge is -2.42. The summed E-state index contributed by atoms with van der Waals surface area (Å²) in [6.45, 7) is 4.47. The Labute approximate surface area is 187 Å². The van der Waals surface area contributed by atoms with E-state index in [0.29, 0.717) is 12.6 Å². The standard InChI is InChI=1S/C19H22F3N5O5S/c1-11(2)15-10-26(17-24-8-13(9-25-17)33(3,30)31)4-5-27(15)18(29)32-12-6-14(19(20,21)22)16(28)23-7-12/h6-9,11,15H,4-5,10H2,1-3H3,(H,23,28). The molecule has 2 aromatic heterocycles. The summed E-state index contributed by atoms with van der Waals surface area (Å²) in [6, 6.07) is 0.0865. The van der Waals surface area contributed by atoms with Gasteiger partial charge in [-0.05, 0) is 5.92 Å². The summed E-state index contributed by atoms with van der Waals surface area (Å²) in [6.07, 6.45) is -1.40. The first kappa shape index (κ1) is 24.5. The highest BCUT2D eigenvalue weighted by atomic mass is 32.2. The van der Waals surface area contributed by atoms with Crippen LogP contribution in [0.5, 0.6) is 5.75 Å². The molecule has 10 nitrogen and oxygen atoms in total. The Hall–Kier alpha value is -3.16. The van der Waals surface area contributed by atoms with Crippen molar-refractivity contribution < 1.29 is 31.1 Å². The van der Waals surface area contributed by atoms with Crippen LogP contribution in [0.15, 0.2) is 34.3 Å². The number of nitrogens with one attached hydrogen (secondary N) is 1. The lowest BCUT2D eigenvalue weighted by atomic mass is 10.0. The summed E-state index contributed by atoms with van der Waals surface area (Å²) < 4.78 is 67.2. The molecule has 33 heavy (non-hydrogen) atoms. The highest BCUT2D eigenvalue weighted by molar-refractivity contribution is 7.90. The van der Waals surface area contributed by atoms with Crippen LogP contribution in [0.2, 0.25) is 0 Å². The second-order valence-electron chi connectivity index (χ2n) is 7.89. The molecule has 0 bridgehead atoms. The molecule has 1 aliphatic heterocycles. The van der Waals surface area contributed by atoms with E-state index in [2.05, 4.69) is 9.97 Å². The van der Waals surface area contributed by atoms with Gasteiger partial charge in [0.05, 0.1) is 18.4 Å². The number of nitrogens with zero attached hydrogens (tertiary/aromatic N) is 4. The molecule has 1 atom stereocenters. The minimum absolute atomic E-state index is 0.0204. The molecule has 0 saturated carbocycles. The predicted molar refractivity (Wildman–Crippen MR) is 111 cm³/mol. The lowest BCUT2D eigenvalue weighted by Crippen LogP contribution is -2.58. The zero-order valence-electron chi connectivity index (χ0n) is 18.0. The number of H-pyrrole nitrogens is 1. The van der Waals surface area contributed by atoms with Crippen molar-refractivity contribution in [2.75, 3.05) is 30.8 Å². The Kier molecular flexibility index (Phi) is 6.68. The van der Waals surface area contributed by atoms with Gasteiger partial charge in [-0.3, -0.25) is 4.79 Å².